The van der Waals surface area contributed by atoms with Crippen LogP contribution in [0.3, 0.4) is 0 Å². The molecule has 0 aliphatic carbocycles. The van der Waals surface area contributed by atoms with Crippen LogP contribution in [0.5, 0.6) is 0 Å². The fourth-order valence-electron chi connectivity index (χ4n) is 2.23. The fraction of sp³-hybridized carbons (Fsp3) is 0.278. The Bertz CT molecular complexity index is 956. The maximum Gasteiger partial charge on any atom is 0.341 e. The first-order valence-electron chi connectivity index (χ1n) is 8.57. The molecule has 0 radical (unpaired) electrons. The molecule has 0 bridgehead atoms. The molecule has 0 unspecified atom stereocenters. The highest BCUT2D eigenvalue weighted by Crippen LogP contribution is 2.30. The van der Waals surface area contributed by atoms with E-state index in [1.165, 1.54) is 11.3 Å². The third-order valence-corrected chi connectivity index (χ3v) is 5.53. The zero-order chi connectivity index (χ0) is 19.9. The van der Waals surface area contributed by atoms with Gasteiger partial charge in [-0.05, 0) is 31.5 Å². The van der Waals surface area contributed by atoms with E-state index in [0.717, 1.165) is 23.1 Å². The number of esters is 1. The van der Waals surface area contributed by atoms with E-state index in [1.54, 1.807) is 37.5 Å². The highest BCUT2D eigenvalue weighted by molar-refractivity contribution is 7.99. The van der Waals surface area contributed by atoms with Gasteiger partial charge >= 0.3 is 5.97 Å². The van der Waals surface area contributed by atoms with Gasteiger partial charge in [0.05, 0.1) is 23.5 Å². The van der Waals surface area contributed by atoms with Crippen molar-refractivity contribution in [2.45, 2.75) is 25.5 Å². The number of carbonyl (C=O) groups is 2. The molecule has 0 atom stereocenters. The van der Waals surface area contributed by atoms with Crippen molar-refractivity contribution in [1.82, 2.24) is 15.2 Å². The molecule has 3 aromatic rings. The van der Waals surface area contributed by atoms with E-state index in [0.29, 0.717) is 22.0 Å². The molecule has 1 amide bonds. The molecule has 10 heteroatoms. The minimum Gasteiger partial charge on any atom is -0.462 e. The van der Waals surface area contributed by atoms with Crippen molar-refractivity contribution in [3.8, 4) is 11.5 Å². The first-order chi connectivity index (χ1) is 13.6. The number of thioether (sulfide) groups is 1. The molecular formula is C18H18N4O4S2. The maximum atomic E-state index is 12.3. The zero-order valence-electron chi connectivity index (χ0n) is 15.3. The molecule has 0 fully saturated rings. The Labute approximate surface area is 169 Å². The van der Waals surface area contributed by atoms with Gasteiger partial charge in [0.25, 0.3) is 5.22 Å². The number of nitrogens with zero attached hydrogens (tertiary/aromatic N) is 3. The molecule has 146 valence electrons. The summed E-state index contributed by atoms with van der Waals surface area (Å²) >= 11 is 2.48. The lowest BCUT2D eigenvalue weighted by molar-refractivity contribution is -0.113. The second-order valence-electron chi connectivity index (χ2n) is 5.48. The Morgan fingerprint density at radius 1 is 1.32 bits per heavy atom. The van der Waals surface area contributed by atoms with Gasteiger partial charge in [0, 0.05) is 17.3 Å². The summed E-state index contributed by atoms with van der Waals surface area (Å²) in [5.74, 6) is -0.317. The van der Waals surface area contributed by atoms with E-state index in [-0.39, 0.29) is 23.5 Å². The Hall–Kier alpha value is -2.72. The van der Waals surface area contributed by atoms with Crippen molar-refractivity contribution < 1.29 is 18.7 Å². The molecule has 3 aromatic heterocycles. The smallest absolute Gasteiger partial charge is 0.341 e. The van der Waals surface area contributed by atoms with E-state index >= 15 is 0 Å². The summed E-state index contributed by atoms with van der Waals surface area (Å²) in [6.07, 6.45) is 4.04. The van der Waals surface area contributed by atoms with Crippen molar-refractivity contribution in [3.05, 3.63) is 41.0 Å². The molecule has 0 saturated carbocycles. The minimum atomic E-state index is -0.445. The van der Waals surface area contributed by atoms with Gasteiger partial charge in [-0.3, -0.25) is 9.78 Å². The topological polar surface area (TPSA) is 107 Å². The highest BCUT2D eigenvalue weighted by Gasteiger charge is 2.19. The quantitative estimate of drug-likeness (QED) is 0.436. The number of aryl methyl sites for hydroxylation is 1. The van der Waals surface area contributed by atoms with Crippen LogP contribution in [-0.2, 0) is 16.0 Å². The predicted molar refractivity (Wildman–Crippen MR) is 107 cm³/mol. The molecule has 28 heavy (non-hydrogen) atoms. The van der Waals surface area contributed by atoms with Crippen LogP contribution in [0.2, 0.25) is 0 Å². The molecule has 0 spiro atoms. The molecule has 0 aliphatic rings. The van der Waals surface area contributed by atoms with Gasteiger partial charge in [0.15, 0.2) is 0 Å². The summed E-state index contributed by atoms with van der Waals surface area (Å²) in [6.45, 7) is 4.00. The number of aromatic nitrogens is 3. The SMILES string of the molecule is CCOC(=O)c1cc(CC)sc1NC(=O)CSc1nnc(-c2cccnc2)o1. The lowest BCUT2D eigenvalue weighted by Crippen LogP contribution is -2.15. The van der Waals surface area contributed by atoms with Crippen LogP contribution in [0.15, 0.2) is 40.2 Å². The van der Waals surface area contributed by atoms with E-state index in [1.807, 2.05) is 6.92 Å². The van der Waals surface area contributed by atoms with Gasteiger partial charge in [-0.25, -0.2) is 4.79 Å². The number of anilines is 1. The molecule has 8 nitrogen and oxygen atoms in total. The Morgan fingerprint density at radius 3 is 2.89 bits per heavy atom. The standard InChI is InChI=1S/C18H18N4O4S2/c1-3-12-8-13(17(24)25-4-2)16(28-12)20-14(23)10-27-18-22-21-15(26-18)11-6-5-7-19-9-11/h5-9H,3-4,10H2,1-2H3,(H,20,23). The lowest BCUT2D eigenvalue weighted by atomic mass is 10.2. The number of thiophene rings is 1. The van der Waals surface area contributed by atoms with Crippen LogP contribution >= 0.6 is 23.1 Å². The second kappa shape index (κ2) is 9.47. The fourth-order valence-corrected chi connectivity index (χ4v) is 3.80. The molecule has 0 aliphatic heterocycles. The van der Waals surface area contributed by atoms with E-state index in [4.69, 9.17) is 9.15 Å². The molecule has 1 N–H and O–H groups in total. The summed E-state index contributed by atoms with van der Waals surface area (Å²) in [6, 6.07) is 5.33. The first kappa shape index (κ1) is 20.0. The van der Waals surface area contributed by atoms with Crippen LogP contribution in [0.1, 0.15) is 29.1 Å². The van der Waals surface area contributed by atoms with E-state index in [9.17, 15) is 9.59 Å². The van der Waals surface area contributed by atoms with E-state index in [2.05, 4.69) is 20.5 Å². The van der Waals surface area contributed by atoms with Gasteiger partial charge in [-0.15, -0.1) is 21.5 Å². The maximum absolute atomic E-state index is 12.3. The number of nitrogens with one attached hydrogen (secondary N) is 1. The van der Waals surface area contributed by atoms with Crippen molar-refractivity contribution in [2.24, 2.45) is 0 Å². The van der Waals surface area contributed by atoms with E-state index < -0.39 is 5.97 Å². The molecular weight excluding hydrogens is 400 g/mol. The largest absolute Gasteiger partial charge is 0.462 e. The number of rotatable bonds is 8. The van der Waals surface area contributed by atoms with Crippen molar-refractivity contribution in [3.63, 3.8) is 0 Å². The van der Waals surface area contributed by atoms with Crippen LogP contribution in [0, 0.1) is 0 Å². The minimum absolute atomic E-state index is 0.0658. The van der Waals surface area contributed by atoms with Gasteiger partial charge in [0.1, 0.15) is 5.00 Å². The summed E-state index contributed by atoms with van der Waals surface area (Å²) in [7, 11) is 0. The Morgan fingerprint density at radius 2 is 2.18 bits per heavy atom. The summed E-state index contributed by atoms with van der Waals surface area (Å²) in [5.41, 5.74) is 1.08. The lowest BCUT2D eigenvalue weighted by Gasteiger charge is -2.05. The van der Waals surface area contributed by atoms with Crippen molar-refractivity contribution in [2.75, 3.05) is 17.7 Å². The number of hydrogen-bond donors (Lipinski definition) is 1. The third kappa shape index (κ3) is 4.96. The van der Waals surface area contributed by atoms with Gasteiger partial charge in [-0.2, -0.15) is 0 Å². The third-order valence-electron chi connectivity index (χ3n) is 3.52. The number of ether oxygens (including phenoxy) is 1. The van der Waals surface area contributed by atoms with Crippen LogP contribution in [0.25, 0.3) is 11.5 Å². The summed E-state index contributed by atoms with van der Waals surface area (Å²) in [5, 5.41) is 11.4. The van der Waals surface area contributed by atoms with Crippen LogP contribution in [-0.4, -0.2) is 39.4 Å². The predicted octanol–water partition coefficient (Wildman–Crippen LogP) is 3.66. The average Bonchev–Trinajstić information content (AvgIpc) is 3.34. The van der Waals surface area contributed by atoms with Gasteiger partial charge in [-0.1, -0.05) is 18.7 Å². The van der Waals surface area contributed by atoms with Crippen LogP contribution < -0.4 is 5.32 Å². The summed E-state index contributed by atoms with van der Waals surface area (Å²) in [4.78, 5) is 29.4. The monoisotopic (exact) mass is 418 g/mol. The molecule has 0 saturated heterocycles. The second-order valence-corrected chi connectivity index (χ2v) is 7.54. The molecule has 3 rings (SSSR count). The Balaban J connectivity index is 1.61. The zero-order valence-corrected chi connectivity index (χ0v) is 16.9. The number of hydrogen-bond acceptors (Lipinski definition) is 9. The highest BCUT2D eigenvalue weighted by atomic mass is 32.2. The first-order valence-corrected chi connectivity index (χ1v) is 10.4. The molecule has 0 aromatic carbocycles. The number of carbonyl (C=O) groups excluding carboxylic acids is 2. The average molecular weight is 419 g/mol. The summed E-state index contributed by atoms with van der Waals surface area (Å²) < 4.78 is 10.6. The normalized spacial score (nSPS) is 10.6. The molecule has 3 heterocycles. The van der Waals surface area contributed by atoms with Gasteiger partial charge < -0.3 is 14.5 Å². The van der Waals surface area contributed by atoms with Crippen molar-refractivity contribution >= 4 is 40.0 Å². The van der Waals surface area contributed by atoms with Crippen molar-refractivity contribution in [1.29, 1.82) is 0 Å². The number of amides is 1. The van der Waals surface area contributed by atoms with Crippen LogP contribution in [0.4, 0.5) is 5.00 Å². The van der Waals surface area contributed by atoms with Gasteiger partial charge in [0.2, 0.25) is 11.8 Å². The number of pyridine rings is 1. The Kier molecular flexibility index (Phi) is 6.77.